The molecule has 0 radical (unpaired) electrons. The van der Waals surface area contributed by atoms with Gasteiger partial charge in [0.05, 0.1) is 0 Å². The number of unbranched alkanes of at least 4 members (excludes halogenated alkanes) is 14. The Kier molecular flexibility index (Phi) is 27.4. The lowest BCUT2D eigenvalue weighted by molar-refractivity contribution is -0.122. The van der Waals surface area contributed by atoms with Crippen molar-refractivity contribution >= 4 is 6.47 Å². The van der Waals surface area contributed by atoms with Gasteiger partial charge >= 0.3 is 0 Å². The van der Waals surface area contributed by atoms with Crippen LogP contribution >= 0.6 is 0 Å². The molecule has 0 bridgehead atoms. The zero-order valence-corrected chi connectivity index (χ0v) is 17.3. The van der Waals surface area contributed by atoms with Crippen LogP contribution in [-0.4, -0.2) is 17.6 Å². The third-order valence-electron chi connectivity index (χ3n) is 4.86. The average Bonchev–Trinajstić information content (AvgIpc) is 2.60. The van der Waals surface area contributed by atoms with E-state index in [1.165, 1.54) is 116 Å². The summed E-state index contributed by atoms with van der Waals surface area (Å²) in [7, 11) is 0. The fourth-order valence-corrected chi connectivity index (χ4v) is 3.23. The molecule has 0 saturated carbocycles. The molecule has 3 heteroatoms. The second-order valence-corrected chi connectivity index (χ2v) is 7.39. The minimum atomic E-state index is -0.250. The smallest absolute Gasteiger partial charge is 0.290 e. The second kappa shape index (κ2) is 25.7. The van der Waals surface area contributed by atoms with Crippen LogP contribution in [0.3, 0.4) is 0 Å². The average molecular weight is 358 g/mol. The van der Waals surface area contributed by atoms with Crippen molar-refractivity contribution < 1.29 is 9.90 Å². The van der Waals surface area contributed by atoms with E-state index in [0.717, 1.165) is 0 Å². The van der Waals surface area contributed by atoms with Crippen LogP contribution in [0.4, 0.5) is 0 Å². The van der Waals surface area contributed by atoms with E-state index in [9.17, 15) is 0 Å². The number of rotatable bonds is 18. The summed E-state index contributed by atoms with van der Waals surface area (Å²) >= 11 is 0. The SMILES string of the molecule is CCCCCCCCCCC(N)CCCCCCCCCC.O=CO. The van der Waals surface area contributed by atoms with Crippen LogP contribution in [0.15, 0.2) is 0 Å². The Hall–Kier alpha value is -0.570. The summed E-state index contributed by atoms with van der Waals surface area (Å²) in [4.78, 5) is 8.36. The Morgan fingerprint density at radius 1 is 0.640 bits per heavy atom. The van der Waals surface area contributed by atoms with Crippen molar-refractivity contribution in [1.29, 1.82) is 0 Å². The van der Waals surface area contributed by atoms with Gasteiger partial charge < -0.3 is 10.8 Å². The van der Waals surface area contributed by atoms with Gasteiger partial charge in [0, 0.05) is 6.04 Å². The summed E-state index contributed by atoms with van der Waals surface area (Å²) in [6, 6.07) is 0.472. The Morgan fingerprint density at radius 2 is 0.880 bits per heavy atom. The summed E-state index contributed by atoms with van der Waals surface area (Å²) in [6.07, 6.45) is 25.1. The first-order valence-corrected chi connectivity index (χ1v) is 11.1. The molecule has 0 rings (SSSR count). The van der Waals surface area contributed by atoms with E-state index in [0.29, 0.717) is 6.04 Å². The highest BCUT2D eigenvalue weighted by Crippen LogP contribution is 2.14. The van der Waals surface area contributed by atoms with Gasteiger partial charge in [-0.1, -0.05) is 117 Å². The van der Waals surface area contributed by atoms with Crippen LogP contribution < -0.4 is 5.73 Å². The number of carbonyl (C=O) groups is 1. The molecule has 0 amide bonds. The van der Waals surface area contributed by atoms with Crippen LogP contribution in [0.5, 0.6) is 0 Å². The molecular formula is C22H47NO2. The van der Waals surface area contributed by atoms with Gasteiger partial charge in [-0.3, -0.25) is 4.79 Å². The van der Waals surface area contributed by atoms with Crippen LogP contribution in [0, 0.1) is 0 Å². The highest BCUT2D eigenvalue weighted by Gasteiger charge is 2.02. The van der Waals surface area contributed by atoms with Gasteiger partial charge in [-0.25, -0.2) is 0 Å². The monoisotopic (exact) mass is 357 g/mol. The fourth-order valence-electron chi connectivity index (χ4n) is 3.23. The molecule has 0 heterocycles. The van der Waals surface area contributed by atoms with Crippen LogP contribution in [0.1, 0.15) is 129 Å². The molecule has 0 unspecified atom stereocenters. The molecule has 0 aromatic rings. The summed E-state index contributed by atoms with van der Waals surface area (Å²) < 4.78 is 0. The fraction of sp³-hybridized carbons (Fsp3) is 0.955. The van der Waals surface area contributed by atoms with E-state index >= 15 is 0 Å². The first-order chi connectivity index (χ1) is 12.2. The van der Waals surface area contributed by atoms with Crippen LogP contribution in [-0.2, 0) is 4.79 Å². The number of carboxylic acid groups (broad SMARTS) is 1. The highest BCUT2D eigenvalue weighted by molar-refractivity contribution is 5.32. The lowest BCUT2D eigenvalue weighted by Crippen LogP contribution is -2.19. The maximum atomic E-state index is 8.36. The molecule has 0 spiro atoms. The van der Waals surface area contributed by atoms with Crippen molar-refractivity contribution in [2.24, 2.45) is 5.73 Å². The van der Waals surface area contributed by atoms with E-state index in [-0.39, 0.29) is 6.47 Å². The van der Waals surface area contributed by atoms with E-state index < -0.39 is 0 Å². The molecule has 0 saturated heterocycles. The highest BCUT2D eigenvalue weighted by atomic mass is 16.3. The molecular weight excluding hydrogens is 310 g/mol. The molecule has 0 aromatic heterocycles. The van der Waals surface area contributed by atoms with E-state index in [2.05, 4.69) is 13.8 Å². The Bertz CT molecular complexity index is 214. The molecule has 0 aromatic carbocycles. The Labute approximate surface area is 158 Å². The van der Waals surface area contributed by atoms with Gasteiger partial charge in [0.15, 0.2) is 0 Å². The number of nitrogens with two attached hydrogens (primary N) is 1. The topological polar surface area (TPSA) is 63.3 Å². The summed E-state index contributed by atoms with van der Waals surface area (Å²) in [6.45, 7) is 4.32. The molecule has 25 heavy (non-hydrogen) atoms. The molecule has 0 atom stereocenters. The zero-order valence-electron chi connectivity index (χ0n) is 17.3. The van der Waals surface area contributed by atoms with Gasteiger partial charge in [-0.05, 0) is 12.8 Å². The van der Waals surface area contributed by atoms with Crippen molar-refractivity contribution in [3.8, 4) is 0 Å². The standard InChI is InChI=1S/C21H45N.CH2O2/c1-3-5-7-9-11-13-15-17-19-21(22)20-18-16-14-12-10-8-6-4-2;2-1-3/h21H,3-20,22H2,1-2H3;1H,(H,2,3). The summed E-state index contributed by atoms with van der Waals surface area (Å²) in [5.41, 5.74) is 6.23. The van der Waals surface area contributed by atoms with Crippen molar-refractivity contribution in [2.75, 3.05) is 0 Å². The Balaban J connectivity index is 0. The lowest BCUT2D eigenvalue weighted by atomic mass is 10.0. The van der Waals surface area contributed by atoms with Gasteiger partial charge in [-0.15, -0.1) is 0 Å². The first-order valence-electron chi connectivity index (χ1n) is 11.1. The van der Waals surface area contributed by atoms with E-state index in [1.54, 1.807) is 0 Å². The van der Waals surface area contributed by atoms with E-state index in [1.807, 2.05) is 0 Å². The summed E-state index contributed by atoms with van der Waals surface area (Å²) in [5, 5.41) is 6.89. The molecule has 0 aliphatic carbocycles. The molecule has 152 valence electrons. The van der Waals surface area contributed by atoms with Gasteiger partial charge in [0.25, 0.3) is 6.47 Å². The predicted octanol–water partition coefficient (Wildman–Crippen LogP) is 7.08. The van der Waals surface area contributed by atoms with Crippen LogP contribution in [0.2, 0.25) is 0 Å². The van der Waals surface area contributed by atoms with Crippen molar-refractivity contribution in [2.45, 2.75) is 135 Å². The maximum absolute atomic E-state index is 8.36. The van der Waals surface area contributed by atoms with Gasteiger partial charge in [0.2, 0.25) is 0 Å². The minimum absolute atomic E-state index is 0.250. The predicted molar refractivity (Wildman–Crippen MR) is 111 cm³/mol. The van der Waals surface area contributed by atoms with Crippen molar-refractivity contribution in [3.63, 3.8) is 0 Å². The minimum Gasteiger partial charge on any atom is -0.483 e. The molecule has 0 aliphatic rings. The molecule has 0 aliphatic heterocycles. The number of hydrogen-bond acceptors (Lipinski definition) is 2. The molecule has 0 fully saturated rings. The van der Waals surface area contributed by atoms with Crippen molar-refractivity contribution in [1.82, 2.24) is 0 Å². The first kappa shape index (κ1) is 26.7. The van der Waals surface area contributed by atoms with Crippen LogP contribution in [0.25, 0.3) is 0 Å². The van der Waals surface area contributed by atoms with Gasteiger partial charge in [-0.2, -0.15) is 0 Å². The largest absolute Gasteiger partial charge is 0.483 e. The summed E-state index contributed by atoms with van der Waals surface area (Å²) in [5.74, 6) is 0. The zero-order chi connectivity index (χ0) is 19.0. The lowest BCUT2D eigenvalue weighted by Gasteiger charge is -2.11. The molecule has 3 nitrogen and oxygen atoms in total. The van der Waals surface area contributed by atoms with Crippen molar-refractivity contribution in [3.05, 3.63) is 0 Å². The third-order valence-corrected chi connectivity index (χ3v) is 4.86. The second-order valence-electron chi connectivity index (χ2n) is 7.39. The normalized spacial score (nSPS) is 10.6. The van der Waals surface area contributed by atoms with E-state index in [4.69, 9.17) is 15.6 Å². The quantitative estimate of drug-likeness (QED) is 0.203. The molecule has 3 N–H and O–H groups in total. The maximum Gasteiger partial charge on any atom is 0.290 e. The Morgan fingerprint density at radius 3 is 1.16 bits per heavy atom. The third kappa shape index (κ3) is 28.5. The van der Waals surface area contributed by atoms with Gasteiger partial charge in [0.1, 0.15) is 0 Å². The number of hydrogen-bond donors (Lipinski definition) is 2.